The molecule has 1 amide bonds. The number of nitrogens with one attached hydrogen (secondary N) is 2. The van der Waals surface area contributed by atoms with Gasteiger partial charge in [0.2, 0.25) is 5.91 Å². The van der Waals surface area contributed by atoms with Crippen LogP contribution in [0, 0.1) is 0 Å². The molecule has 7 heteroatoms. The summed E-state index contributed by atoms with van der Waals surface area (Å²) in [5, 5.41) is 42.8. The molecule has 0 radical (unpaired) electrons. The van der Waals surface area contributed by atoms with E-state index in [4.69, 9.17) is 5.11 Å². The Morgan fingerprint density at radius 3 is 2.50 bits per heavy atom. The van der Waals surface area contributed by atoms with E-state index >= 15 is 0 Å². The average Bonchev–Trinajstić information content (AvgIpc) is 2.52. The van der Waals surface area contributed by atoms with Crippen molar-refractivity contribution in [2.45, 2.75) is 37.3 Å². The predicted molar refractivity (Wildman–Crippen MR) is 54.5 cm³/mol. The van der Waals surface area contributed by atoms with Gasteiger partial charge in [0.1, 0.15) is 0 Å². The van der Waals surface area contributed by atoms with Crippen molar-refractivity contribution in [2.24, 2.45) is 0 Å². The standard InChI is InChI=1S/C9H18N2O5/c1-4(13)10-2-6(14)7-9(16)8(15)5(3-12)11-7/h5-9,11-12,14-16H,2-3H2,1H3,(H,10,13)/t5-,6-,7-,8-,9-/m1/s1. The SMILES string of the molecule is CC(=O)NC[C@@H](O)[C@H]1N[C@H](CO)[C@@H](O)[C@@H]1O. The number of carbonyl (C=O) groups is 1. The summed E-state index contributed by atoms with van der Waals surface area (Å²) in [4.78, 5) is 10.6. The fourth-order valence-corrected chi connectivity index (χ4v) is 1.77. The van der Waals surface area contributed by atoms with Gasteiger partial charge in [-0.25, -0.2) is 0 Å². The van der Waals surface area contributed by atoms with Gasteiger partial charge in [-0.1, -0.05) is 0 Å². The Morgan fingerprint density at radius 1 is 1.44 bits per heavy atom. The molecule has 94 valence electrons. The average molecular weight is 234 g/mol. The first-order valence-corrected chi connectivity index (χ1v) is 5.13. The maximum absolute atomic E-state index is 10.6. The zero-order valence-electron chi connectivity index (χ0n) is 9.00. The molecule has 1 heterocycles. The number of rotatable bonds is 4. The van der Waals surface area contributed by atoms with Gasteiger partial charge in [0.15, 0.2) is 0 Å². The van der Waals surface area contributed by atoms with Crippen LogP contribution in [0.4, 0.5) is 0 Å². The summed E-state index contributed by atoms with van der Waals surface area (Å²) in [7, 11) is 0. The van der Waals surface area contributed by atoms with E-state index < -0.39 is 30.4 Å². The summed E-state index contributed by atoms with van der Waals surface area (Å²) in [5.41, 5.74) is 0. The summed E-state index contributed by atoms with van der Waals surface area (Å²) < 4.78 is 0. The van der Waals surface area contributed by atoms with Crippen molar-refractivity contribution in [3.8, 4) is 0 Å². The van der Waals surface area contributed by atoms with Crippen LogP contribution < -0.4 is 10.6 Å². The Bertz CT molecular complexity index is 250. The lowest BCUT2D eigenvalue weighted by atomic mass is 10.0. The third kappa shape index (κ3) is 2.89. The fraction of sp³-hybridized carbons (Fsp3) is 0.889. The van der Waals surface area contributed by atoms with Crippen molar-refractivity contribution in [2.75, 3.05) is 13.2 Å². The van der Waals surface area contributed by atoms with Crippen LogP contribution in [0.15, 0.2) is 0 Å². The summed E-state index contributed by atoms with van der Waals surface area (Å²) in [6.45, 7) is 0.965. The lowest BCUT2D eigenvalue weighted by Crippen LogP contribution is -2.49. The molecule has 0 aromatic heterocycles. The van der Waals surface area contributed by atoms with E-state index in [-0.39, 0.29) is 19.1 Å². The van der Waals surface area contributed by atoms with E-state index in [1.54, 1.807) is 0 Å². The van der Waals surface area contributed by atoms with Gasteiger partial charge in [-0.3, -0.25) is 4.79 Å². The van der Waals surface area contributed by atoms with E-state index in [1.165, 1.54) is 6.92 Å². The number of aliphatic hydroxyl groups excluding tert-OH is 4. The molecule has 0 aliphatic carbocycles. The minimum absolute atomic E-state index is 0.0189. The predicted octanol–water partition coefficient (Wildman–Crippen LogP) is -3.46. The summed E-state index contributed by atoms with van der Waals surface area (Å²) in [6, 6.07) is -1.43. The molecular formula is C9H18N2O5. The Labute approximate surface area is 93.1 Å². The van der Waals surface area contributed by atoms with Gasteiger partial charge < -0.3 is 31.1 Å². The third-order valence-electron chi connectivity index (χ3n) is 2.71. The van der Waals surface area contributed by atoms with Crippen molar-refractivity contribution in [1.82, 2.24) is 10.6 Å². The molecule has 5 atom stereocenters. The monoisotopic (exact) mass is 234 g/mol. The molecule has 0 bridgehead atoms. The first-order chi connectivity index (χ1) is 7.47. The van der Waals surface area contributed by atoms with Crippen LogP contribution in [0.3, 0.4) is 0 Å². The van der Waals surface area contributed by atoms with Crippen molar-refractivity contribution >= 4 is 5.91 Å². The van der Waals surface area contributed by atoms with Gasteiger partial charge in [-0.05, 0) is 0 Å². The van der Waals surface area contributed by atoms with E-state index in [0.29, 0.717) is 0 Å². The molecule has 16 heavy (non-hydrogen) atoms. The summed E-state index contributed by atoms with van der Waals surface area (Å²) in [5.74, 6) is -0.286. The van der Waals surface area contributed by atoms with Gasteiger partial charge in [-0.15, -0.1) is 0 Å². The largest absolute Gasteiger partial charge is 0.395 e. The van der Waals surface area contributed by atoms with Crippen LogP contribution in [0.25, 0.3) is 0 Å². The van der Waals surface area contributed by atoms with Crippen molar-refractivity contribution in [3.05, 3.63) is 0 Å². The van der Waals surface area contributed by atoms with Crippen LogP contribution in [0.5, 0.6) is 0 Å². The number of amides is 1. The van der Waals surface area contributed by atoms with Crippen LogP contribution in [-0.2, 0) is 4.79 Å². The minimum Gasteiger partial charge on any atom is -0.395 e. The molecule has 1 aliphatic rings. The molecule has 1 saturated heterocycles. The van der Waals surface area contributed by atoms with E-state index in [9.17, 15) is 20.1 Å². The lowest BCUT2D eigenvalue weighted by Gasteiger charge is -2.22. The van der Waals surface area contributed by atoms with Crippen LogP contribution in [-0.4, -0.2) is 69.9 Å². The van der Waals surface area contributed by atoms with E-state index in [2.05, 4.69) is 10.6 Å². The molecule has 1 aliphatic heterocycles. The van der Waals surface area contributed by atoms with Gasteiger partial charge in [0.25, 0.3) is 0 Å². The smallest absolute Gasteiger partial charge is 0.216 e. The maximum atomic E-state index is 10.6. The normalized spacial score (nSPS) is 36.1. The number of aliphatic hydroxyl groups is 4. The molecule has 0 spiro atoms. The highest BCUT2D eigenvalue weighted by atomic mass is 16.3. The quantitative estimate of drug-likeness (QED) is 0.301. The Hall–Kier alpha value is -0.730. The summed E-state index contributed by atoms with van der Waals surface area (Å²) in [6.07, 6.45) is -3.31. The van der Waals surface area contributed by atoms with Gasteiger partial charge >= 0.3 is 0 Å². The zero-order valence-corrected chi connectivity index (χ0v) is 9.00. The topological polar surface area (TPSA) is 122 Å². The highest BCUT2D eigenvalue weighted by molar-refractivity contribution is 5.72. The fourth-order valence-electron chi connectivity index (χ4n) is 1.77. The third-order valence-corrected chi connectivity index (χ3v) is 2.71. The van der Waals surface area contributed by atoms with E-state index in [1.807, 2.05) is 0 Å². The maximum Gasteiger partial charge on any atom is 0.216 e. The zero-order chi connectivity index (χ0) is 12.3. The Balaban J connectivity index is 2.50. The van der Waals surface area contributed by atoms with Crippen molar-refractivity contribution < 1.29 is 25.2 Å². The van der Waals surface area contributed by atoms with Crippen LogP contribution in [0.1, 0.15) is 6.92 Å². The Morgan fingerprint density at radius 2 is 2.06 bits per heavy atom. The first kappa shape index (κ1) is 13.3. The van der Waals surface area contributed by atoms with Gasteiger partial charge in [0.05, 0.1) is 37.0 Å². The molecule has 0 saturated carbocycles. The second-order valence-electron chi connectivity index (χ2n) is 3.97. The van der Waals surface area contributed by atoms with Gasteiger partial charge in [-0.2, -0.15) is 0 Å². The first-order valence-electron chi connectivity index (χ1n) is 5.13. The molecule has 0 aromatic carbocycles. The van der Waals surface area contributed by atoms with Gasteiger partial charge in [0, 0.05) is 13.5 Å². The van der Waals surface area contributed by atoms with Crippen molar-refractivity contribution in [3.63, 3.8) is 0 Å². The molecule has 0 unspecified atom stereocenters. The molecular weight excluding hydrogens is 216 g/mol. The number of hydrogen-bond donors (Lipinski definition) is 6. The van der Waals surface area contributed by atoms with Crippen molar-refractivity contribution in [1.29, 1.82) is 0 Å². The Kier molecular flexibility index (Phi) is 4.63. The number of carbonyl (C=O) groups excluding carboxylic acids is 1. The van der Waals surface area contributed by atoms with Crippen LogP contribution >= 0.6 is 0 Å². The molecule has 0 aromatic rings. The molecule has 1 fully saturated rings. The molecule has 1 rings (SSSR count). The second kappa shape index (κ2) is 5.55. The second-order valence-corrected chi connectivity index (χ2v) is 3.97. The lowest BCUT2D eigenvalue weighted by molar-refractivity contribution is -0.119. The van der Waals surface area contributed by atoms with E-state index in [0.717, 1.165) is 0 Å². The minimum atomic E-state index is -1.17. The highest BCUT2D eigenvalue weighted by Crippen LogP contribution is 2.16. The van der Waals surface area contributed by atoms with Crippen LogP contribution in [0.2, 0.25) is 0 Å². The summed E-state index contributed by atoms with van der Waals surface area (Å²) >= 11 is 0. The number of hydrogen-bond acceptors (Lipinski definition) is 6. The highest BCUT2D eigenvalue weighted by Gasteiger charge is 2.43. The molecule has 7 nitrogen and oxygen atoms in total. The molecule has 6 N–H and O–H groups in total.